The molecular weight excluding hydrogens is 312 g/mol. The van der Waals surface area contributed by atoms with E-state index in [0.717, 1.165) is 34.0 Å². The normalized spacial score (nSPS) is 11.7. The van der Waals surface area contributed by atoms with Crippen LogP contribution < -0.4 is 5.63 Å². The van der Waals surface area contributed by atoms with Gasteiger partial charge in [0.15, 0.2) is 0 Å². The van der Waals surface area contributed by atoms with Crippen LogP contribution in [0.4, 0.5) is 0 Å². The first-order valence-electron chi connectivity index (χ1n) is 8.53. The van der Waals surface area contributed by atoms with Gasteiger partial charge in [0.05, 0.1) is 5.39 Å². The van der Waals surface area contributed by atoms with Crippen molar-refractivity contribution in [2.75, 3.05) is 0 Å². The summed E-state index contributed by atoms with van der Waals surface area (Å²) in [6, 6.07) is 13.5. The summed E-state index contributed by atoms with van der Waals surface area (Å²) in [6.07, 6.45) is 2.05. The highest BCUT2D eigenvalue weighted by Crippen LogP contribution is 2.31. The second kappa shape index (κ2) is 5.88. The first-order chi connectivity index (χ1) is 12.0. The third-order valence-corrected chi connectivity index (χ3v) is 4.44. The Kier molecular flexibility index (Phi) is 3.68. The topological polar surface area (TPSA) is 48.0 Å². The third kappa shape index (κ3) is 2.64. The number of hydrogen-bond acceptors (Lipinski definition) is 3. The molecule has 0 fully saturated rings. The minimum absolute atomic E-state index is 0.320. The zero-order chi connectivity index (χ0) is 17.6. The van der Waals surface area contributed by atoms with Crippen molar-refractivity contribution in [3.8, 4) is 11.3 Å². The van der Waals surface area contributed by atoms with Crippen LogP contribution in [0.15, 0.2) is 57.9 Å². The number of rotatable bonds is 3. The fourth-order valence-corrected chi connectivity index (χ4v) is 3.36. The molecule has 0 atom stereocenters. The molecule has 4 rings (SSSR count). The standard InChI is InChI=1S/C21H20N2O2/c1-13(2)11-23-12-16-9-10-17-18(19(16)22-23)14(3)20(25-21(17)24)15-7-5-4-6-8-15/h4-10,12-13H,11H2,1-3H3. The van der Waals surface area contributed by atoms with Crippen molar-refractivity contribution in [3.63, 3.8) is 0 Å². The summed E-state index contributed by atoms with van der Waals surface area (Å²) in [7, 11) is 0. The predicted octanol–water partition coefficient (Wildman–Crippen LogP) is 4.77. The molecule has 0 aliphatic heterocycles. The molecule has 0 N–H and O–H groups in total. The fraction of sp³-hybridized carbons (Fsp3) is 0.238. The molecule has 0 aliphatic carbocycles. The summed E-state index contributed by atoms with van der Waals surface area (Å²) in [5.74, 6) is 1.12. The van der Waals surface area contributed by atoms with E-state index in [1.54, 1.807) is 0 Å². The lowest BCUT2D eigenvalue weighted by Gasteiger charge is -2.08. The van der Waals surface area contributed by atoms with Crippen molar-refractivity contribution >= 4 is 21.7 Å². The lowest BCUT2D eigenvalue weighted by molar-refractivity contribution is 0.486. The molecule has 25 heavy (non-hydrogen) atoms. The molecule has 4 heteroatoms. The van der Waals surface area contributed by atoms with Gasteiger partial charge in [-0.3, -0.25) is 4.68 Å². The number of fused-ring (bicyclic) bond motifs is 3. The molecule has 0 amide bonds. The summed E-state index contributed by atoms with van der Waals surface area (Å²) in [4.78, 5) is 12.6. The molecule has 0 spiro atoms. The Hall–Kier alpha value is -2.88. The Morgan fingerprint density at radius 2 is 1.88 bits per heavy atom. The third-order valence-electron chi connectivity index (χ3n) is 4.44. The first-order valence-corrected chi connectivity index (χ1v) is 8.53. The quantitative estimate of drug-likeness (QED) is 0.543. The number of aromatic nitrogens is 2. The lowest BCUT2D eigenvalue weighted by atomic mass is 10.0. The molecule has 4 nitrogen and oxygen atoms in total. The van der Waals surface area contributed by atoms with E-state index in [4.69, 9.17) is 9.52 Å². The first kappa shape index (κ1) is 15.6. The molecule has 2 aromatic heterocycles. The van der Waals surface area contributed by atoms with Gasteiger partial charge in [-0.1, -0.05) is 50.2 Å². The van der Waals surface area contributed by atoms with Crippen molar-refractivity contribution in [2.45, 2.75) is 27.3 Å². The van der Waals surface area contributed by atoms with Gasteiger partial charge in [0.2, 0.25) is 0 Å². The van der Waals surface area contributed by atoms with E-state index in [2.05, 4.69) is 13.8 Å². The van der Waals surface area contributed by atoms with E-state index in [9.17, 15) is 4.79 Å². The molecule has 2 aromatic carbocycles. The summed E-state index contributed by atoms with van der Waals surface area (Å²) in [5, 5.41) is 7.26. The van der Waals surface area contributed by atoms with Gasteiger partial charge in [-0.2, -0.15) is 5.10 Å². The van der Waals surface area contributed by atoms with Gasteiger partial charge in [-0.15, -0.1) is 0 Å². The van der Waals surface area contributed by atoms with Crippen LogP contribution in [-0.4, -0.2) is 9.78 Å². The van der Waals surface area contributed by atoms with E-state index in [-0.39, 0.29) is 5.63 Å². The maximum atomic E-state index is 12.6. The molecular formula is C21H20N2O2. The minimum atomic E-state index is -0.320. The highest BCUT2D eigenvalue weighted by Gasteiger charge is 2.16. The molecule has 0 aliphatic rings. The number of aryl methyl sites for hydroxylation is 1. The molecule has 4 aromatic rings. The van der Waals surface area contributed by atoms with E-state index < -0.39 is 0 Å². The fourth-order valence-electron chi connectivity index (χ4n) is 3.36. The van der Waals surface area contributed by atoms with Gasteiger partial charge in [0, 0.05) is 34.6 Å². The second-order valence-electron chi connectivity index (χ2n) is 6.88. The molecule has 2 heterocycles. The van der Waals surface area contributed by atoms with Crippen LogP contribution in [0.1, 0.15) is 19.4 Å². The number of hydrogen-bond donors (Lipinski definition) is 0. The summed E-state index contributed by atoms with van der Waals surface area (Å²) in [5.41, 5.74) is 2.39. The summed E-state index contributed by atoms with van der Waals surface area (Å²) >= 11 is 0. The Labute approximate surface area is 145 Å². The molecule has 0 radical (unpaired) electrons. The molecule has 0 bridgehead atoms. The van der Waals surface area contributed by atoms with Gasteiger partial charge in [-0.25, -0.2) is 4.79 Å². The van der Waals surface area contributed by atoms with Gasteiger partial charge < -0.3 is 4.42 Å². The maximum Gasteiger partial charge on any atom is 0.344 e. The predicted molar refractivity (Wildman–Crippen MR) is 101 cm³/mol. The zero-order valence-electron chi connectivity index (χ0n) is 14.6. The highest BCUT2D eigenvalue weighted by atomic mass is 16.4. The molecule has 0 unspecified atom stereocenters. The van der Waals surface area contributed by atoms with Crippen molar-refractivity contribution < 1.29 is 4.42 Å². The molecule has 0 saturated heterocycles. The van der Waals surface area contributed by atoms with Crippen LogP contribution in [0.2, 0.25) is 0 Å². The van der Waals surface area contributed by atoms with Crippen molar-refractivity contribution in [3.05, 3.63) is 64.6 Å². The summed E-state index contributed by atoms with van der Waals surface area (Å²) < 4.78 is 7.60. The van der Waals surface area contributed by atoms with Crippen LogP contribution >= 0.6 is 0 Å². The monoisotopic (exact) mass is 332 g/mol. The Bertz CT molecular complexity index is 1120. The SMILES string of the molecule is Cc1c(-c2ccccc2)oc(=O)c2ccc3cn(CC(C)C)nc3c12. The zero-order valence-corrected chi connectivity index (χ0v) is 14.6. The average molecular weight is 332 g/mol. The van der Waals surface area contributed by atoms with Gasteiger partial charge in [0.1, 0.15) is 11.3 Å². The van der Waals surface area contributed by atoms with Crippen LogP contribution in [0, 0.1) is 12.8 Å². The molecule has 0 saturated carbocycles. The smallest absolute Gasteiger partial charge is 0.344 e. The maximum absolute atomic E-state index is 12.6. The molecule has 126 valence electrons. The Morgan fingerprint density at radius 1 is 1.12 bits per heavy atom. The Morgan fingerprint density at radius 3 is 2.60 bits per heavy atom. The minimum Gasteiger partial charge on any atom is -0.422 e. The van der Waals surface area contributed by atoms with Crippen molar-refractivity contribution in [2.24, 2.45) is 5.92 Å². The van der Waals surface area contributed by atoms with E-state index >= 15 is 0 Å². The van der Waals surface area contributed by atoms with Crippen LogP contribution in [-0.2, 0) is 6.54 Å². The van der Waals surface area contributed by atoms with E-state index in [0.29, 0.717) is 17.1 Å². The van der Waals surface area contributed by atoms with E-state index in [1.807, 2.05) is 60.3 Å². The summed E-state index contributed by atoms with van der Waals surface area (Å²) in [6.45, 7) is 7.17. The average Bonchev–Trinajstić information content (AvgIpc) is 2.99. The van der Waals surface area contributed by atoms with Crippen LogP contribution in [0.3, 0.4) is 0 Å². The number of nitrogens with zero attached hydrogens (tertiary/aromatic N) is 2. The van der Waals surface area contributed by atoms with Crippen molar-refractivity contribution in [1.82, 2.24) is 9.78 Å². The highest BCUT2D eigenvalue weighted by molar-refractivity contribution is 6.07. The second-order valence-corrected chi connectivity index (χ2v) is 6.88. The number of benzene rings is 2. The van der Waals surface area contributed by atoms with Crippen LogP contribution in [0.5, 0.6) is 0 Å². The largest absolute Gasteiger partial charge is 0.422 e. The van der Waals surface area contributed by atoms with E-state index in [1.165, 1.54) is 0 Å². The van der Waals surface area contributed by atoms with Crippen molar-refractivity contribution in [1.29, 1.82) is 0 Å². The van der Waals surface area contributed by atoms with Gasteiger partial charge >= 0.3 is 5.63 Å². The van der Waals surface area contributed by atoms with Gasteiger partial charge in [0.25, 0.3) is 0 Å². The van der Waals surface area contributed by atoms with Crippen LogP contribution in [0.25, 0.3) is 33.0 Å². The lowest BCUT2D eigenvalue weighted by Crippen LogP contribution is -2.05. The Balaban J connectivity index is 2.05. The van der Waals surface area contributed by atoms with Gasteiger partial charge in [-0.05, 0) is 18.9 Å².